The SMILES string of the molecule is C[C@]12CCC3c4ccc(O)cc4CCC3C1CC(=N/O)/C2=N\O. The van der Waals surface area contributed by atoms with Gasteiger partial charge in [0, 0.05) is 5.41 Å². The molecule has 0 spiro atoms. The highest BCUT2D eigenvalue weighted by molar-refractivity contribution is 6.46. The molecule has 5 nitrogen and oxygen atoms in total. The van der Waals surface area contributed by atoms with E-state index in [4.69, 9.17) is 0 Å². The molecule has 0 aliphatic heterocycles. The molecule has 0 aromatic heterocycles. The zero-order valence-corrected chi connectivity index (χ0v) is 13.2. The fourth-order valence-corrected chi connectivity index (χ4v) is 5.45. The van der Waals surface area contributed by atoms with Gasteiger partial charge in [0.05, 0.1) is 0 Å². The first kappa shape index (κ1) is 14.5. The van der Waals surface area contributed by atoms with Crippen molar-refractivity contribution in [1.82, 2.24) is 0 Å². The Balaban J connectivity index is 1.74. The van der Waals surface area contributed by atoms with Gasteiger partial charge in [0.15, 0.2) is 0 Å². The number of hydrogen-bond acceptors (Lipinski definition) is 5. The number of rotatable bonds is 0. The summed E-state index contributed by atoms with van der Waals surface area (Å²) in [5, 5.41) is 35.3. The van der Waals surface area contributed by atoms with Crippen LogP contribution in [0.1, 0.15) is 49.7 Å². The summed E-state index contributed by atoms with van der Waals surface area (Å²) in [7, 11) is 0. The Labute approximate surface area is 135 Å². The summed E-state index contributed by atoms with van der Waals surface area (Å²) in [6.07, 6.45) is 4.68. The van der Waals surface area contributed by atoms with E-state index in [0.717, 1.165) is 25.7 Å². The van der Waals surface area contributed by atoms with E-state index in [1.165, 1.54) is 11.1 Å². The first-order valence-electron chi connectivity index (χ1n) is 8.34. The minimum Gasteiger partial charge on any atom is -0.508 e. The van der Waals surface area contributed by atoms with Crippen LogP contribution in [-0.2, 0) is 6.42 Å². The molecule has 0 bridgehead atoms. The Kier molecular flexibility index (Phi) is 3.15. The van der Waals surface area contributed by atoms with Crippen LogP contribution in [0.5, 0.6) is 5.75 Å². The second kappa shape index (κ2) is 4.98. The molecule has 0 heterocycles. The van der Waals surface area contributed by atoms with Crippen molar-refractivity contribution < 1.29 is 15.5 Å². The number of aryl methyl sites for hydroxylation is 1. The lowest BCUT2D eigenvalue weighted by atomic mass is 9.55. The van der Waals surface area contributed by atoms with Gasteiger partial charge in [-0.2, -0.15) is 0 Å². The van der Waals surface area contributed by atoms with Crippen LogP contribution in [-0.4, -0.2) is 26.9 Å². The summed E-state index contributed by atoms with van der Waals surface area (Å²) in [4.78, 5) is 0. The minimum atomic E-state index is -0.202. The highest BCUT2D eigenvalue weighted by Crippen LogP contribution is 2.59. The Morgan fingerprint density at radius 3 is 2.74 bits per heavy atom. The highest BCUT2D eigenvalue weighted by Gasteiger charge is 2.56. The van der Waals surface area contributed by atoms with Gasteiger partial charge in [-0.05, 0) is 73.1 Å². The average molecular weight is 314 g/mol. The van der Waals surface area contributed by atoms with Gasteiger partial charge in [-0.25, -0.2) is 0 Å². The molecule has 2 saturated carbocycles. The van der Waals surface area contributed by atoms with Crippen molar-refractivity contribution in [1.29, 1.82) is 0 Å². The molecular formula is C18H22N2O3. The summed E-state index contributed by atoms with van der Waals surface area (Å²) in [6.45, 7) is 2.15. The van der Waals surface area contributed by atoms with Gasteiger partial charge in [-0.3, -0.25) is 0 Å². The second-order valence-electron chi connectivity index (χ2n) is 7.45. The molecular weight excluding hydrogens is 292 g/mol. The third-order valence-electron chi connectivity index (χ3n) is 6.55. The van der Waals surface area contributed by atoms with Gasteiger partial charge in [-0.15, -0.1) is 0 Å². The molecule has 0 radical (unpaired) electrons. The number of hydrogen-bond donors (Lipinski definition) is 3. The minimum absolute atomic E-state index is 0.202. The molecule has 2 fully saturated rings. The molecule has 0 saturated heterocycles. The van der Waals surface area contributed by atoms with Crippen molar-refractivity contribution in [2.45, 2.75) is 44.9 Å². The van der Waals surface area contributed by atoms with Gasteiger partial charge in [0.25, 0.3) is 0 Å². The van der Waals surface area contributed by atoms with Crippen LogP contribution in [0.2, 0.25) is 0 Å². The lowest BCUT2D eigenvalue weighted by Crippen LogP contribution is -2.42. The third-order valence-corrected chi connectivity index (χ3v) is 6.55. The topological polar surface area (TPSA) is 85.4 Å². The van der Waals surface area contributed by atoms with Crippen molar-refractivity contribution in [2.75, 3.05) is 0 Å². The second-order valence-corrected chi connectivity index (χ2v) is 7.45. The summed E-state index contributed by atoms with van der Waals surface area (Å²) < 4.78 is 0. The predicted molar refractivity (Wildman–Crippen MR) is 86.5 cm³/mol. The normalized spacial score (nSPS) is 39.1. The fourth-order valence-electron chi connectivity index (χ4n) is 5.45. The number of phenolic OH excluding ortho intramolecular Hbond substituents is 1. The zero-order chi connectivity index (χ0) is 16.2. The number of phenols is 1. The number of benzene rings is 1. The van der Waals surface area contributed by atoms with E-state index in [-0.39, 0.29) is 5.41 Å². The van der Waals surface area contributed by atoms with Crippen molar-refractivity contribution >= 4 is 11.4 Å². The van der Waals surface area contributed by atoms with Gasteiger partial charge in [0.2, 0.25) is 0 Å². The molecule has 3 unspecified atom stereocenters. The van der Waals surface area contributed by atoms with E-state index in [0.29, 0.717) is 41.3 Å². The van der Waals surface area contributed by atoms with E-state index in [2.05, 4.69) is 23.3 Å². The first-order valence-corrected chi connectivity index (χ1v) is 8.34. The lowest BCUT2D eigenvalue weighted by Gasteiger charge is -2.48. The highest BCUT2D eigenvalue weighted by atomic mass is 16.4. The van der Waals surface area contributed by atoms with E-state index in [9.17, 15) is 15.5 Å². The average Bonchev–Trinajstić information content (AvgIpc) is 2.85. The van der Waals surface area contributed by atoms with Crippen LogP contribution in [0.15, 0.2) is 28.5 Å². The molecule has 23 heavy (non-hydrogen) atoms. The van der Waals surface area contributed by atoms with Crippen LogP contribution in [0.3, 0.4) is 0 Å². The molecule has 3 aliphatic carbocycles. The maximum absolute atomic E-state index is 9.72. The Morgan fingerprint density at radius 2 is 2.00 bits per heavy atom. The molecule has 3 N–H and O–H groups in total. The third kappa shape index (κ3) is 1.92. The summed E-state index contributed by atoms with van der Waals surface area (Å²) in [6, 6.07) is 5.75. The van der Waals surface area contributed by atoms with Crippen molar-refractivity contribution in [3.63, 3.8) is 0 Å². The smallest absolute Gasteiger partial charge is 0.115 e. The Bertz CT molecular complexity index is 712. The zero-order valence-electron chi connectivity index (χ0n) is 13.2. The molecule has 122 valence electrons. The standard InChI is InChI=1S/C18H22N2O3/c1-18-7-6-13-12-5-3-11(21)8-10(12)2-4-14(13)15(18)9-16(19-22)17(18)20-23/h3,5,8,13-15,21-23H,2,4,6-7,9H2,1H3/b19-16-,20-17+/t13?,14?,15?,18-/m0/s1. The largest absolute Gasteiger partial charge is 0.508 e. The molecule has 0 amide bonds. The number of oxime groups is 2. The van der Waals surface area contributed by atoms with Gasteiger partial charge in [-0.1, -0.05) is 23.3 Å². The van der Waals surface area contributed by atoms with Crippen molar-refractivity contribution in [3.8, 4) is 5.75 Å². The molecule has 4 rings (SSSR count). The number of aromatic hydroxyl groups is 1. The number of nitrogens with zero attached hydrogens (tertiary/aromatic N) is 2. The van der Waals surface area contributed by atoms with Crippen LogP contribution >= 0.6 is 0 Å². The Morgan fingerprint density at radius 1 is 1.17 bits per heavy atom. The lowest BCUT2D eigenvalue weighted by molar-refractivity contribution is 0.0963. The number of fused-ring (bicyclic) bond motifs is 5. The van der Waals surface area contributed by atoms with Crippen molar-refractivity contribution in [2.24, 2.45) is 27.6 Å². The maximum atomic E-state index is 9.72. The van der Waals surface area contributed by atoms with E-state index < -0.39 is 0 Å². The van der Waals surface area contributed by atoms with Gasteiger partial charge in [0.1, 0.15) is 17.2 Å². The van der Waals surface area contributed by atoms with E-state index >= 15 is 0 Å². The molecule has 1 aromatic carbocycles. The quantitative estimate of drug-likeness (QED) is 0.506. The maximum Gasteiger partial charge on any atom is 0.115 e. The van der Waals surface area contributed by atoms with Crippen LogP contribution < -0.4 is 0 Å². The molecule has 4 atom stereocenters. The predicted octanol–water partition coefficient (Wildman–Crippen LogP) is 3.52. The van der Waals surface area contributed by atoms with Crippen LogP contribution in [0.25, 0.3) is 0 Å². The summed E-state index contributed by atoms with van der Waals surface area (Å²) in [5.74, 6) is 1.67. The molecule has 1 aromatic rings. The van der Waals surface area contributed by atoms with Gasteiger partial charge < -0.3 is 15.5 Å². The summed E-state index contributed by atoms with van der Waals surface area (Å²) >= 11 is 0. The fraction of sp³-hybridized carbons (Fsp3) is 0.556. The van der Waals surface area contributed by atoms with Crippen LogP contribution in [0.4, 0.5) is 0 Å². The molecule has 5 heteroatoms. The molecule has 3 aliphatic rings. The summed E-state index contributed by atoms with van der Waals surface area (Å²) in [5.41, 5.74) is 3.53. The van der Waals surface area contributed by atoms with E-state index in [1.807, 2.05) is 6.07 Å². The van der Waals surface area contributed by atoms with E-state index in [1.54, 1.807) is 6.07 Å². The van der Waals surface area contributed by atoms with Crippen molar-refractivity contribution in [3.05, 3.63) is 29.3 Å². The Hall–Kier alpha value is -2.04. The van der Waals surface area contributed by atoms with Gasteiger partial charge >= 0.3 is 0 Å². The van der Waals surface area contributed by atoms with Crippen LogP contribution in [0, 0.1) is 17.3 Å². The monoisotopic (exact) mass is 314 g/mol. The first-order chi connectivity index (χ1) is 11.1.